The average Bonchev–Trinajstić information content (AvgIpc) is 3.07. The van der Waals surface area contributed by atoms with Gasteiger partial charge in [-0.05, 0) is 43.2 Å². The number of para-hydroxylation sites is 1. The highest BCUT2D eigenvalue weighted by Crippen LogP contribution is 2.29. The standard InChI is InChI=1S/C20H22ClN3O4S/c1-14-9-10-15(12-18(14)23-11-5-8-20(23)26)22-19(25)13-24(29(2,27)28)17-7-4-3-6-16(17)21/h3-4,6-7,9-10,12H,5,8,11,13H2,1-2H3,(H,22,25). The first-order chi connectivity index (χ1) is 13.7. The van der Waals surface area contributed by atoms with Gasteiger partial charge in [0.25, 0.3) is 0 Å². The highest BCUT2D eigenvalue weighted by Gasteiger charge is 2.25. The Morgan fingerprint density at radius 2 is 1.97 bits per heavy atom. The molecule has 1 N–H and O–H groups in total. The van der Waals surface area contributed by atoms with E-state index < -0.39 is 22.5 Å². The van der Waals surface area contributed by atoms with Crippen molar-refractivity contribution in [3.05, 3.63) is 53.1 Å². The number of anilines is 3. The van der Waals surface area contributed by atoms with Crippen LogP contribution in [0.5, 0.6) is 0 Å². The number of nitrogens with zero attached hydrogens (tertiary/aromatic N) is 2. The van der Waals surface area contributed by atoms with E-state index in [1.165, 1.54) is 0 Å². The largest absolute Gasteiger partial charge is 0.324 e. The zero-order valence-corrected chi connectivity index (χ0v) is 17.8. The van der Waals surface area contributed by atoms with Gasteiger partial charge in [-0.15, -0.1) is 0 Å². The summed E-state index contributed by atoms with van der Waals surface area (Å²) in [6.07, 6.45) is 2.33. The monoisotopic (exact) mass is 435 g/mol. The molecule has 154 valence electrons. The summed E-state index contributed by atoms with van der Waals surface area (Å²) in [4.78, 5) is 26.4. The Bertz CT molecular complexity index is 1060. The number of benzene rings is 2. The van der Waals surface area contributed by atoms with Gasteiger partial charge < -0.3 is 10.2 Å². The molecule has 0 aliphatic carbocycles. The predicted octanol–water partition coefficient (Wildman–Crippen LogP) is 3.18. The second kappa shape index (κ2) is 8.42. The van der Waals surface area contributed by atoms with Crippen LogP contribution in [0.25, 0.3) is 0 Å². The second-order valence-corrected chi connectivity index (χ2v) is 9.23. The van der Waals surface area contributed by atoms with Crippen LogP contribution in [0.3, 0.4) is 0 Å². The molecule has 0 spiro atoms. The minimum atomic E-state index is -3.73. The van der Waals surface area contributed by atoms with E-state index in [1.54, 1.807) is 41.3 Å². The first-order valence-corrected chi connectivity index (χ1v) is 11.3. The smallest absolute Gasteiger partial charge is 0.245 e. The highest BCUT2D eigenvalue weighted by atomic mass is 35.5. The summed E-state index contributed by atoms with van der Waals surface area (Å²) in [5, 5.41) is 2.95. The Labute approximate surface area is 175 Å². The molecule has 1 fully saturated rings. The van der Waals surface area contributed by atoms with Gasteiger partial charge in [0, 0.05) is 24.3 Å². The molecule has 1 heterocycles. The van der Waals surface area contributed by atoms with Gasteiger partial charge in [0.2, 0.25) is 21.8 Å². The van der Waals surface area contributed by atoms with E-state index in [2.05, 4.69) is 5.32 Å². The van der Waals surface area contributed by atoms with Crippen LogP contribution in [-0.2, 0) is 19.6 Å². The number of nitrogens with one attached hydrogen (secondary N) is 1. The molecule has 0 unspecified atom stereocenters. The predicted molar refractivity (Wildman–Crippen MR) is 115 cm³/mol. The van der Waals surface area contributed by atoms with E-state index in [9.17, 15) is 18.0 Å². The lowest BCUT2D eigenvalue weighted by Gasteiger charge is -2.23. The van der Waals surface area contributed by atoms with E-state index in [-0.39, 0.29) is 16.6 Å². The average molecular weight is 436 g/mol. The van der Waals surface area contributed by atoms with E-state index >= 15 is 0 Å². The topological polar surface area (TPSA) is 86.8 Å². The molecule has 0 saturated carbocycles. The number of sulfonamides is 1. The normalized spacial score (nSPS) is 14.2. The lowest BCUT2D eigenvalue weighted by atomic mass is 10.1. The summed E-state index contributed by atoms with van der Waals surface area (Å²) >= 11 is 6.12. The lowest BCUT2D eigenvalue weighted by molar-refractivity contribution is -0.117. The Balaban J connectivity index is 1.81. The fraction of sp³-hybridized carbons (Fsp3) is 0.300. The first-order valence-electron chi connectivity index (χ1n) is 9.10. The van der Waals surface area contributed by atoms with Crippen molar-refractivity contribution in [2.24, 2.45) is 0 Å². The van der Waals surface area contributed by atoms with Crippen LogP contribution in [0.15, 0.2) is 42.5 Å². The molecule has 1 saturated heterocycles. The van der Waals surface area contributed by atoms with Crippen LogP contribution in [0.1, 0.15) is 18.4 Å². The number of carbonyl (C=O) groups is 2. The third-order valence-electron chi connectivity index (χ3n) is 4.67. The number of hydrogen-bond donors (Lipinski definition) is 1. The van der Waals surface area contributed by atoms with Crippen LogP contribution in [0.4, 0.5) is 17.1 Å². The Morgan fingerprint density at radius 3 is 2.59 bits per heavy atom. The summed E-state index contributed by atoms with van der Waals surface area (Å²) in [6.45, 7) is 2.12. The van der Waals surface area contributed by atoms with Crippen molar-refractivity contribution in [2.45, 2.75) is 19.8 Å². The van der Waals surface area contributed by atoms with Crippen LogP contribution < -0.4 is 14.5 Å². The summed E-state index contributed by atoms with van der Waals surface area (Å²) in [5.41, 5.74) is 2.39. The molecule has 2 aromatic carbocycles. The summed E-state index contributed by atoms with van der Waals surface area (Å²) in [5.74, 6) is -0.462. The van der Waals surface area contributed by atoms with E-state index in [1.807, 2.05) is 13.0 Å². The number of halogens is 1. The lowest BCUT2D eigenvalue weighted by Crippen LogP contribution is -2.37. The highest BCUT2D eigenvalue weighted by molar-refractivity contribution is 7.92. The van der Waals surface area contributed by atoms with E-state index in [0.717, 1.165) is 28.2 Å². The number of carbonyl (C=O) groups excluding carboxylic acids is 2. The second-order valence-electron chi connectivity index (χ2n) is 6.92. The van der Waals surface area contributed by atoms with Crippen molar-refractivity contribution in [3.8, 4) is 0 Å². The fourth-order valence-corrected chi connectivity index (χ4v) is 4.40. The van der Waals surface area contributed by atoms with E-state index in [0.29, 0.717) is 18.7 Å². The van der Waals surface area contributed by atoms with Gasteiger partial charge >= 0.3 is 0 Å². The minimum Gasteiger partial charge on any atom is -0.324 e. The number of rotatable bonds is 6. The Hall–Kier alpha value is -2.58. The number of hydrogen-bond acceptors (Lipinski definition) is 4. The molecule has 9 heteroatoms. The molecular weight excluding hydrogens is 414 g/mol. The maximum Gasteiger partial charge on any atom is 0.245 e. The van der Waals surface area contributed by atoms with Crippen molar-refractivity contribution in [3.63, 3.8) is 0 Å². The van der Waals surface area contributed by atoms with Crippen molar-refractivity contribution in [2.75, 3.05) is 33.9 Å². The van der Waals surface area contributed by atoms with Crippen molar-refractivity contribution < 1.29 is 18.0 Å². The molecule has 1 aliphatic heterocycles. The quantitative estimate of drug-likeness (QED) is 0.754. The molecular formula is C20H22ClN3O4S. The van der Waals surface area contributed by atoms with Gasteiger partial charge in [0.05, 0.1) is 17.0 Å². The van der Waals surface area contributed by atoms with Crippen molar-refractivity contribution in [1.82, 2.24) is 0 Å². The molecule has 0 aromatic heterocycles. The zero-order chi connectivity index (χ0) is 21.2. The summed E-state index contributed by atoms with van der Waals surface area (Å²) in [6, 6.07) is 11.7. The van der Waals surface area contributed by atoms with Gasteiger partial charge in [-0.3, -0.25) is 13.9 Å². The summed E-state index contributed by atoms with van der Waals surface area (Å²) < 4.78 is 25.4. The van der Waals surface area contributed by atoms with Gasteiger partial charge in [-0.1, -0.05) is 29.8 Å². The van der Waals surface area contributed by atoms with Crippen molar-refractivity contribution >= 4 is 50.5 Å². The zero-order valence-electron chi connectivity index (χ0n) is 16.2. The Kier molecular flexibility index (Phi) is 6.14. The van der Waals surface area contributed by atoms with Crippen LogP contribution >= 0.6 is 11.6 Å². The summed E-state index contributed by atoms with van der Waals surface area (Å²) in [7, 11) is -3.73. The van der Waals surface area contributed by atoms with Crippen LogP contribution in [0, 0.1) is 6.92 Å². The van der Waals surface area contributed by atoms with Crippen molar-refractivity contribution in [1.29, 1.82) is 0 Å². The molecule has 7 nitrogen and oxygen atoms in total. The molecule has 2 amide bonds. The van der Waals surface area contributed by atoms with Crippen LogP contribution in [0.2, 0.25) is 5.02 Å². The van der Waals surface area contributed by atoms with Gasteiger partial charge in [0.1, 0.15) is 6.54 Å². The first kappa shape index (κ1) is 21.1. The minimum absolute atomic E-state index is 0.0542. The third kappa shape index (κ3) is 4.89. The molecule has 1 aliphatic rings. The number of aryl methyl sites for hydroxylation is 1. The fourth-order valence-electron chi connectivity index (χ4n) is 3.25. The Morgan fingerprint density at radius 1 is 1.24 bits per heavy atom. The molecule has 3 rings (SSSR count). The van der Waals surface area contributed by atoms with Gasteiger partial charge in [0.15, 0.2) is 0 Å². The van der Waals surface area contributed by atoms with Gasteiger partial charge in [-0.2, -0.15) is 0 Å². The molecule has 0 radical (unpaired) electrons. The number of amides is 2. The molecule has 2 aromatic rings. The maximum absolute atomic E-state index is 12.6. The molecule has 0 bridgehead atoms. The third-order valence-corrected chi connectivity index (χ3v) is 6.11. The maximum atomic E-state index is 12.6. The van der Waals surface area contributed by atoms with Crippen LogP contribution in [-0.4, -0.2) is 39.6 Å². The molecule has 0 atom stereocenters. The SMILES string of the molecule is Cc1ccc(NC(=O)CN(c2ccccc2Cl)S(C)(=O)=O)cc1N1CCCC1=O. The van der Waals surface area contributed by atoms with Gasteiger partial charge in [-0.25, -0.2) is 8.42 Å². The molecule has 29 heavy (non-hydrogen) atoms. The van der Waals surface area contributed by atoms with E-state index in [4.69, 9.17) is 11.6 Å².